The first kappa shape index (κ1) is 24.0. The third-order valence-electron chi connectivity index (χ3n) is 5.21. The van der Waals surface area contributed by atoms with Crippen LogP contribution in [0.5, 0.6) is 0 Å². The summed E-state index contributed by atoms with van der Waals surface area (Å²) in [5, 5.41) is 18.8. The summed E-state index contributed by atoms with van der Waals surface area (Å²) in [5.74, 6) is 0.365. The molecule has 0 spiro atoms. The van der Waals surface area contributed by atoms with Gasteiger partial charge in [-0.2, -0.15) is 0 Å². The highest BCUT2D eigenvalue weighted by molar-refractivity contribution is 7.80. The van der Waals surface area contributed by atoms with Gasteiger partial charge in [0.2, 0.25) is 16.2 Å². The second-order valence-corrected chi connectivity index (χ2v) is 8.69. The van der Waals surface area contributed by atoms with Gasteiger partial charge in [-0.05, 0) is 44.2 Å². The van der Waals surface area contributed by atoms with E-state index in [1.54, 1.807) is 22.8 Å². The lowest BCUT2D eigenvalue weighted by Crippen LogP contribution is -2.48. The van der Waals surface area contributed by atoms with Crippen molar-refractivity contribution in [1.82, 2.24) is 9.61 Å². The molecule has 0 bridgehead atoms. The van der Waals surface area contributed by atoms with Crippen LogP contribution in [-0.2, 0) is 14.6 Å². The van der Waals surface area contributed by atoms with Crippen molar-refractivity contribution in [3.8, 4) is 0 Å². The highest BCUT2D eigenvalue weighted by Gasteiger charge is 2.24. The molecule has 1 fully saturated rings. The molecule has 1 N–H and O–H groups in total. The van der Waals surface area contributed by atoms with Gasteiger partial charge < -0.3 is 14.4 Å². The Hall–Kier alpha value is -2.28. The van der Waals surface area contributed by atoms with Crippen molar-refractivity contribution >= 4 is 27.4 Å². The molecule has 0 aromatic carbocycles. The number of nitrogens with zero attached hydrogens (tertiary/aromatic N) is 4. The Kier molecular flexibility index (Phi) is 8.53. The Morgan fingerprint density at radius 1 is 1.27 bits per heavy atom. The molecule has 30 heavy (non-hydrogen) atoms. The van der Waals surface area contributed by atoms with Crippen LogP contribution < -0.4 is 5.32 Å². The molecule has 1 aliphatic rings. The Labute approximate surface area is 176 Å². The molecule has 0 amide bonds. The van der Waals surface area contributed by atoms with Crippen LogP contribution in [0.25, 0.3) is 5.52 Å². The highest BCUT2D eigenvalue weighted by atomic mass is 32.3. The maximum absolute atomic E-state index is 11.3. The topological polar surface area (TPSA) is 139 Å². The monoisotopic (exact) mass is 443 g/mol. The summed E-state index contributed by atoms with van der Waals surface area (Å²) in [6.07, 6.45) is 7.90. The molecule has 12 heteroatoms. The van der Waals surface area contributed by atoms with Gasteiger partial charge in [0.25, 0.3) is 0 Å². The summed E-state index contributed by atoms with van der Waals surface area (Å²) < 4.78 is 33.8. The van der Waals surface area contributed by atoms with Crippen LogP contribution in [0.2, 0.25) is 0 Å². The zero-order valence-electron chi connectivity index (χ0n) is 17.3. The number of aromatic nitrogens is 2. The van der Waals surface area contributed by atoms with Gasteiger partial charge in [0.1, 0.15) is 5.52 Å². The first-order chi connectivity index (χ1) is 14.2. The average molecular weight is 444 g/mol. The molecule has 0 aliphatic carbocycles. The largest absolute Gasteiger partial charge is 0.726 e. The van der Waals surface area contributed by atoms with Gasteiger partial charge >= 0.3 is 5.69 Å². The number of rotatable bonds is 8. The maximum Gasteiger partial charge on any atom is 0.338 e. The van der Waals surface area contributed by atoms with E-state index in [0.717, 1.165) is 20.0 Å². The van der Waals surface area contributed by atoms with Gasteiger partial charge in [0.15, 0.2) is 0 Å². The quantitative estimate of drug-likeness (QED) is 0.163. The van der Waals surface area contributed by atoms with E-state index in [1.807, 2.05) is 6.07 Å². The van der Waals surface area contributed by atoms with Crippen molar-refractivity contribution < 1.29 is 26.6 Å². The van der Waals surface area contributed by atoms with Crippen molar-refractivity contribution in [3.63, 3.8) is 0 Å². The van der Waals surface area contributed by atoms with Gasteiger partial charge in [0, 0.05) is 12.7 Å². The van der Waals surface area contributed by atoms with Crippen molar-refractivity contribution in [1.29, 1.82) is 0 Å². The molecule has 1 aliphatic heterocycles. The Bertz CT molecular complexity index is 940. The molecule has 3 rings (SSSR count). The lowest BCUT2D eigenvalue weighted by atomic mass is 10.1. The van der Waals surface area contributed by atoms with E-state index in [-0.39, 0.29) is 10.6 Å². The number of hydrogen-bond acceptors (Lipinski definition) is 8. The predicted octanol–water partition coefficient (Wildman–Crippen LogP) is 2.16. The predicted molar refractivity (Wildman–Crippen MR) is 111 cm³/mol. The fourth-order valence-corrected chi connectivity index (χ4v) is 3.61. The van der Waals surface area contributed by atoms with E-state index in [2.05, 4.69) is 21.6 Å². The van der Waals surface area contributed by atoms with E-state index < -0.39 is 10.4 Å². The van der Waals surface area contributed by atoms with Gasteiger partial charge in [-0.1, -0.05) is 6.07 Å². The molecule has 2 aromatic heterocycles. The number of piperidine rings is 1. The van der Waals surface area contributed by atoms with Crippen LogP contribution in [0.4, 0.5) is 11.5 Å². The Morgan fingerprint density at radius 3 is 2.53 bits per heavy atom. The fourth-order valence-electron chi connectivity index (χ4n) is 3.61. The summed E-state index contributed by atoms with van der Waals surface area (Å²) in [7, 11) is -1.26. The molecular formula is C18H29N5O6S. The number of likely N-dealkylation sites (tertiary alicyclic amines) is 1. The van der Waals surface area contributed by atoms with Crippen LogP contribution in [0.3, 0.4) is 0 Å². The van der Waals surface area contributed by atoms with Gasteiger partial charge in [-0.15, -0.1) is 5.10 Å². The summed E-state index contributed by atoms with van der Waals surface area (Å²) in [5.41, 5.74) is 0.585. The number of nitrogens with one attached hydrogen (secondary N) is 1. The first-order valence-corrected chi connectivity index (χ1v) is 11.2. The molecule has 2 aromatic rings. The second-order valence-electron chi connectivity index (χ2n) is 7.54. The minimum absolute atomic E-state index is 0.0608. The number of anilines is 1. The van der Waals surface area contributed by atoms with Crippen LogP contribution >= 0.6 is 0 Å². The minimum atomic E-state index is -4.41. The zero-order chi connectivity index (χ0) is 22.2. The normalized spacial score (nSPS) is 16.0. The Morgan fingerprint density at radius 2 is 1.93 bits per heavy atom. The van der Waals surface area contributed by atoms with E-state index in [9.17, 15) is 23.1 Å². The lowest BCUT2D eigenvalue weighted by Gasteiger charge is -2.37. The number of hydrogen-bond donors (Lipinski definition) is 1. The van der Waals surface area contributed by atoms with Crippen LogP contribution in [0, 0.1) is 10.1 Å². The molecule has 0 unspecified atom stereocenters. The molecule has 0 atom stereocenters. The van der Waals surface area contributed by atoms with Crippen molar-refractivity contribution in [2.24, 2.45) is 0 Å². The third-order valence-corrected chi connectivity index (χ3v) is 5.62. The van der Waals surface area contributed by atoms with E-state index in [4.69, 9.17) is 0 Å². The summed E-state index contributed by atoms with van der Waals surface area (Å²) in [4.78, 5) is 11.0. The van der Waals surface area contributed by atoms with Crippen molar-refractivity contribution in [3.05, 3.63) is 34.5 Å². The third kappa shape index (κ3) is 7.20. The molecule has 0 saturated carbocycles. The minimum Gasteiger partial charge on any atom is -0.726 e. The summed E-state index contributed by atoms with van der Waals surface area (Å²) >= 11 is 0. The van der Waals surface area contributed by atoms with Crippen molar-refractivity contribution in [2.45, 2.75) is 32.1 Å². The second kappa shape index (κ2) is 10.7. The number of quaternary nitrogens is 1. The molecular weight excluding hydrogens is 414 g/mol. The fraction of sp³-hybridized carbons (Fsp3) is 0.611. The number of unbranched alkanes of at least 4 members (excludes halogenated alkanes) is 1. The van der Waals surface area contributed by atoms with Gasteiger partial charge in [-0.3, -0.25) is 14.3 Å². The van der Waals surface area contributed by atoms with Crippen LogP contribution in [-0.4, -0.2) is 72.3 Å². The molecule has 0 radical (unpaired) electrons. The van der Waals surface area contributed by atoms with E-state index in [1.165, 1.54) is 43.4 Å². The first-order valence-electron chi connectivity index (χ1n) is 9.86. The van der Waals surface area contributed by atoms with E-state index in [0.29, 0.717) is 17.9 Å². The average Bonchev–Trinajstić information content (AvgIpc) is 3.06. The van der Waals surface area contributed by atoms with Gasteiger partial charge in [-0.25, -0.2) is 12.9 Å². The number of fused-ring (bicyclic) bond motifs is 1. The molecule has 11 nitrogen and oxygen atoms in total. The SMILES string of the molecule is COS(=O)(=O)[O-].C[N+]1(CCCCNc2nn3ccccc3c2[N+](=O)[O-])CCCCC1. The standard InChI is InChI=1S/C17H26N5O2.CH4O4S/c1-22(12-6-2-7-13-22)14-8-4-10-18-17-16(21(23)24)15-9-3-5-11-20(15)19-17;1-5-6(2,3)4/h3,5,9,11H,2,4,6-8,10,12-14H2,1H3,(H,18,19);1H3,(H,2,3,4)/q+1;/p-1. The molecule has 168 valence electrons. The summed E-state index contributed by atoms with van der Waals surface area (Å²) in [6.45, 7) is 4.47. The molecule has 1 saturated heterocycles. The Balaban J connectivity index is 0.000000469. The van der Waals surface area contributed by atoms with Crippen LogP contribution in [0.1, 0.15) is 32.1 Å². The van der Waals surface area contributed by atoms with E-state index >= 15 is 0 Å². The number of nitro groups is 1. The lowest BCUT2D eigenvalue weighted by molar-refractivity contribution is -0.914. The molecule has 3 heterocycles. The number of pyridine rings is 1. The van der Waals surface area contributed by atoms with Crippen molar-refractivity contribution in [2.75, 3.05) is 45.7 Å². The zero-order valence-corrected chi connectivity index (χ0v) is 18.1. The maximum atomic E-state index is 11.3. The van der Waals surface area contributed by atoms with Gasteiger partial charge in [0.05, 0.1) is 38.7 Å². The smallest absolute Gasteiger partial charge is 0.338 e. The summed E-state index contributed by atoms with van der Waals surface area (Å²) in [6, 6.07) is 5.32. The highest BCUT2D eigenvalue weighted by Crippen LogP contribution is 2.28. The van der Waals surface area contributed by atoms with Crippen LogP contribution in [0.15, 0.2) is 24.4 Å².